The second-order valence-corrected chi connectivity index (χ2v) is 9.23. The molecule has 35 heavy (non-hydrogen) atoms. The molecule has 4 rings (SSSR count). The van der Waals surface area contributed by atoms with E-state index in [1.165, 1.54) is 0 Å². The molecule has 1 atom stereocenters. The van der Waals surface area contributed by atoms with Crippen molar-refractivity contribution in [3.63, 3.8) is 0 Å². The first-order chi connectivity index (χ1) is 16.9. The largest absolute Gasteiger partial charge is 0.481 e. The van der Waals surface area contributed by atoms with E-state index < -0.39 is 29.4 Å². The number of rotatable bonds is 9. The highest BCUT2D eigenvalue weighted by atomic mass is 16.5. The van der Waals surface area contributed by atoms with Crippen molar-refractivity contribution in [2.24, 2.45) is 5.41 Å². The van der Waals surface area contributed by atoms with Gasteiger partial charge in [0.1, 0.15) is 12.6 Å². The van der Waals surface area contributed by atoms with Gasteiger partial charge in [0.05, 0.1) is 5.41 Å². The second kappa shape index (κ2) is 10.9. The summed E-state index contributed by atoms with van der Waals surface area (Å²) in [6.07, 6.45) is 1.08. The Morgan fingerprint density at radius 1 is 1.06 bits per heavy atom. The van der Waals surface area contributed by atoms with Crippen LogP contribution in [0.1, 0.15) is 49.7 Å². The van der Waals surface area contributed by atoms with E-state index in [0.29, 0.717) is 38.9 Å². The van der Waals surface area contributed by atoms with Gasteiger partial charge < -0.3 is 25.2 Å². The van der Waals surface area contributed by atoms with Gasteiger partial charge in [0.15, 0.2) is 0 Å². The van der Waals surface area contributed by atoms with Crippen LogP contribution in [0.4, 0.5) is 4.79 Å². The lowest BCUT2D eigenvalue weighted by Gasteiger charge is -2.33. The molecule has 1 heterocycles. The molecule has 0 bridgehead atoms. The van der Waals surface area contributed by atoms with Crippen molar-refractivity contribution in [2.75, 3.05) is 26.4 Å². The van der Waals surface area contributed by atoms with Crippen LogP contribution in [-0.4, -0.2) is 55.5 Å². The van der Waals surface area contributed by atoms with Crippen LogP contribution in [0.2, 0.25) is 0 Å². The summed E-state index contributed by atoms with van der Waals surface area (Å²) in [6, 6.07) is 15.4. The Bertz CT molecular complexity index is 1030. The molecule has 1 saturated heterocycles. The Hall–Kier alpha value is -3.39. The fraction of sp³-hybridized carbons (Fsp3) is 0.444. The van der Waals surface area contributed by atoms with E-state index >= 15 is 0 Å². The number of carbonyl (C=O) groups excluding carboxylic acids is 2. The van der Waals surface area contributed by atoms with Gasteiger partial charge in [-0.3, -0.25) is 9.59 Å². The molecule has 2 amide bonds. The first kappa shape index (κ1) is 24.7. The van der Waals surface area contributed by atoms with Crippen LogP contribution in [0, 0.1) is 5.41 Å². The average Bonchev–Trinajstić information content (AvgIpc) is 3.20. The fourth-order valence-electron chi connectivity index (χ4n) is 4.95. The molecule has 1 aliphatic heterocycles. The fourth-order valence-corrected chi connectivity index (χ4v) is 4.95. The Morgan fingerprint density at radius 3 is 2.23 bits per heavy atom. The molecule has 186 valence electrons. The van der Waals surface area contributed by atoms with E-state index in [1.54, 1.807) is 0 Å². The summed E-state index contributed by atoms with van der Waals surface area (Å²) >= 11 is 0. The van der Waals surface area contributed by atoms with Crippen LogP contribution in [0.15, 0.2) is 48.5 Å². The summed E-state index contributed by atoms with van der Waals surface area (Å²) in [4.78, 5) is 37.4. The number of carboxylic acids is 1. The number of nitrogens with one attached hydrogen (secondary N) is 2. The van der Waals surface area contributed by atoms with E-state index in [0.717, 1.165) is 22.3 Å². The Morgan fingerprint density at radius 2 is 1.66 bits per heavy atom. The summed E-state index contributed by atoms with van der Waals surface area (Å²) in [5.41, 5.74) is 3.45. The Balaban J connectivity index is 1.36. The number of carboxylic acid groups (broad SMARTS) is 1. The highest BCUT2D eigenvalue weighted by Crippen LogP contribution is 2.44. The van der Waals surface area contributed by atoms with Gasteiger partial charge in [-0.25, -0.2) is 4.79 Å². The number of alkyl carbamates (subject to hydrolysis) is 1. The van der Waals surface area contributed by atoms with Crippen molar-refractivity contribution in [3.05, 3.63) is 59.7 Å². The van der Waals surface area contributed by atoms with E-state index in [4.69, 9.17) is 9.47 Å². The molecule has 0 saturated carbocycles. The van der Waals surface area contributed by atoms with E-state index in [9.17, 15) is 19.5 Å². The number of fused-ring (bicyclic) bond motifs is 3. The summed E-state index contributed by atoms with van der Waals surface area (Å²) < 4.78 is 10.9. The van der Waals surface area contributed by atoms with Crippen molar-refractivity contribution < 1.29 is 29.0 Å². The zero-order chi connectivity index (χ0) is 24.8. The molecular formula is C27H32N2O6. The van der Waals surface area contributed by atoms with E-state index in [1.807, 2.05) is 43.3 Å². The standard InChI is InChI=1S/C27H32N2O6/c1-2-7-23(24(30)28-17-27(25(31)32)12-14-34-15-13-27)29-26(33)35-16-22-20-10-5-3-8-18(20)19-9-4-6-11-21(19)22/h3-6,8-11,22-23H,2,7,12-17H2,1H3,(H,28,30)(H,29,33)(H,31,32)/t23-/m0/s1. The summed E-state index contributed by atoms with van der Waals surface area (Å²) in [6.45, 7) is 2.76. The van der Waals surface area contributed by atoms with Crippen molar-refractivity contribution in [1.29, 1.82) is 0 Å². The van der Waals surface area contributed by atoms with Gasteiger partial charge in [-0.1, -0.05) is 61.9 Å². The van der Waals surface area contributed by atoms with Crippen LogP contribution < -0.4 is 10.6 Å². The molecular weight excluding hydrogens is 448 g/mol. The van der Waals surface area contributed by atoms with Crippen LogP contribution in [0.25, 0.3) is 11.1 Å². The minimum absolute atomic E-state index is 0.00287. The summed E-state index contributed by atoms with van der Waals surface area (Å²) in [7, 11) is 0. The van der Waals surface area contributed by atoms with Crippen LogP contribution in [-0.2, 0) is 19.1 Å². The van der Waals surface area contributed by atoms with E-state index in [2.05, 4.69) is 22.8 Å². The predicted molar refractivity (Wildman–Crippen MR) is 130 cm³/mol. The van der Waals surface area contributed by atoms with Gasteiger partial charge >= 0.3 is 12.1 Å². The molecule has 0 spiro atoms. The van der Waals surface area contributed by atoms with Crippen molar-refractivity contribution in [1.82, 2.24) is 10.6 Å². The molecule has 1 aliphatic carbocycles. The zero-order valence-corrected chi connectivity index (χ0v) is 19.9. The minimum Gasteiger partial charge on any atom is -0.481 e. The molecule has 2 aliphatic rings. The first-order valence-corrected chi connectivity index (χ1v) is 12.2. The number of hydrogen-bond acceptors (Lipinski definition) is 5. The lowest BCUT2D eigenvalue weighted by atomic mass is 9.80. The molecule has 1 fully saturated rings. The van der Waals surface area contributed by atoms with Gasteiger partial charge in [-0.2, -0.15) is 0 Å². The third kappa shape index (κ3) is 5.32. The number of amides is 2. The van der Waals surface area contributed by atoms with Crippen LogP contribution in [0.5, 0.6) is 0 Å². The third-order valence-corrected chi connectivity index (χ3v) is 7.03. The highest BCUT2D eigenvalue weighted by Gasteiger charge is 2.41. The summed E-state index contributed by atoms with van der Waals surface area (Å²) in [5.74, 6) is -1.43. The van der Waals surface area contributed by atoms with Crippen molar-refractivity contribution in [3.8, 4) is 11.1 Å². The molecule has 0 radical (unpaired) electrons. The normalized spacial score (nSPS) is 17.1. The monoisotopic (exact) mass is 480 g/mol. The molecule has 0 aromatic heterocycles. The average molecular weight is 481 g/mol. The lowest BCUT2D eigenvalue weighted by molar-refractivity contribution is -0.154. The summed E-state index contributed by atoms with van der Waals surface area (Å²) in [5, 5.41) is 15.1. The van der Waals surface area contributed by atoms with Gasteiger partial charge in [0.2, 0.25) is 5.91 Å². The highest BCUT2D eigenvalue weighted by molar-refractivity contribution is 5.86. The van der Waals surface area contributed by atoms with Gasteiger partial charge in [0.25, 0.3) is 0 Å². The van der Waals surface area contributed by atoms with Crippen LogP contribution >= 0.6 is 0 Å². The molecule has 3 N–H and O–H groups in total. The Kier molecular flexibility index (Phi) is 7.70. The SMILES string of the molecule is CCC[C@H](NC(=O)OCC1c2ccccc2-c2ccccc21)C(=O)NCC1(C(=O)O)CCOCC1. The van der Waals surface area contributed by atoms with Gasteiger partial charge in [0, 0.05) is 25.7 Å². The molecule has 0 unspecified atom stereocenters. The number of aliphatic carboxylic acids is 1. The molecule has 2 aromatic carbocycles. The molecule has 8 heteroatoms. The molecule has 2 aromatic rings. The predicted octanol–water partition coefficient (Wildman–Crippen LogP) is 3.69. The Labute approximate surface area is 205 Å². The lowest BCUT2D eigenvalue weighted by Crippen LogP contribution is -2.52. The first-order valence-electron chi connectivity index (χ1n) is 12.2. The second-order valence-electron chi connectivity index (χ2n) is 9.23. The number of carbonyl (C=O) groups is 3. The van der Waals surface area contributed by atoms with Crippen molar-refractivity contribution >= 4 is 18.0 Å². The van der Waals surface area contributed by atoms with Gasteiger partial charge in [-0.15, -0.1) is 0 Å². The number of hydrogen-bond donors (Lipinski definition) is 3. The number of benzene rings is 2. The topological polar surface area (TPSA) is 114 Å². The van der Waals surface area contributed by atoms with Gasteiger partial charge in [-0.05, 0) is 41.5 Å². The minimum atomic E-state index is -1.05. The van der Waals surface area contributed by atoms with Crippen molar-refractivity contribution in [2.45, 2.75) is 44.6 Å². The zero-order valence-electron chi connectivity index (χ0n) is 19.9. The maximum atomic E-state index is 12.9. The maximum absolute atomic E-state index is 12.9. The van der Waals surface area contributed by atoms with E-state index in [-0.39, 0.29) is 19.1 Å². The quantitative estimate of drug-likeness (QED) is 0.504. The molecule has 8 nitrogen and oxygen atoms in total. The maximum Gasteiger partial charge on any atom is 0.407 e. The van der Waals surface area contributed by atoms with Crippen LogP contribution in [0.3, 0.4) is 0 Å². The number of ether oxygens (including phenoxy) is 2. The third-order valence-electron chi connectivity index (χ3n) is 7.03. The smallest absolute Gasteiger partial charge is 0.407 e.